The number of fused-ring (bicyclic) bond motifs is 10. The lowest BCUT2D eigenvalue weighted by molar-refractivity contribution is 0.164. The standard InChI is InChI=1S/C47H37N3/c1-49-43(35-26-24-32(25-27-35)31-14-4-2-5-15-31)30-41(34-17-6-3-7-18-34)48-47(49)50-42-23-13-12-22-40(42)45-44-36-19-9-8-16-33(36)28-29-38(44)37-20-10-11-21-39(37)46(45)50/h2-24,26-30,32,41,47-48H,25H2,1H3. The number of para-hydroxylation sites is 1. The number of allylic oxidation sites excluding steroid dienone is 3. The van der Waals surface area contributed by atoms with Crippen LogP contribution in [-0.2, 0) is 0 Å². The van der Waals surface area contributed by atoms with Crippen LogP contribution < -0.4 is 5.32 Å². The first-order valence-corrected chi connectivity index (χ1v) is 17.7. The van der Waals surface area contributed by atoms with Crippen LogP contribution in [0, 0.1) is 0 Å². The minimum absolute atomic E-state index is 0.0253. The van der Waals surface area contributed by atoms with Crippen molar-refractivity contribution in [2.45, 2.75) is 24.7 Å². The van der Waals surface area contributed by atoms with Crippen molar-refractivity contribution < 1.29 is 0 Å². The molecular formula is C47H37N3. The summed E-state index contributed by atoms with van der Waals surface area (Å²) in [5, 5.41) is 14.4. The van der Waals surface area contributed by atoms with E-state index in [-0.39, 0.29) is 12.3 Å². The zero-order valence-corrected chi connectivity index (χ0v) is 28.0. The van der Waals surface area contributed by atoms with Gasteiger partial charge in [0.1, 0.15) is 0 Å². The quantitative estimate of drug-likeness (QED) is 0.193. The Bertz CT molecular complexity index is 2680. The molecule has 3 nitrogen and oxygen atoms in total. The number of hydrogen-bond acceptors (Lipinski definition) is 2. The van der Waals surface area contributed by atoms with Crippen molar-refractivity contribution in [3.63, 3.8) is 0 Å². The summed E-state index contributed by atoms with van der Waals surface area (Å²) >= 11 is 0. The van der Waals surface area contributed by atoms with Crippen LogP contribution in [0.4, 0.5) is 0 Å². The van der Waals surface area contributed by atoms with E-state index < -0.39 is 0 Å². The first-order chi connectivity index (χ1) is 24.7. The van der Waals surface area contributed by atoms with Gasteiger partial charge in [-0.05, 0) is 56.8 Å². The average Bonchev–Trinajstić information content (AvgIpc) is 3.54. The third-order valence-electron chi connectivity index (χ3n) is 11.0. The molecule has 0 radical (unpaired) electrons. The van der Waals surface area contributed by atoms with Crippen LogP contribution in [0.2, 0.25) is 0 Å². The number of benzene rings is 7. The van der Waals surface area contributed by atoms with Crippen LogP contribution >= 0.6 is 0 Å². The van der Waals surface area contributed by atoms with Gasteiger partial charge in [-0.1, -0.05) is 158 Å². The maximum absolute atomic E-state index is 4.12. The van der Waals surface area contributed by atoms with Crippen molar-refractivity contribution >= 4 is 54.1 Å². The van der Waals surface area contributed by atoms with Gasteiger partial charge in [0.25, 0.3) is 0 Å². The monoisotopic (exact) mass is 643 g/mol. The Morgan fingerprint density at radius 2 is 1.24 bits per heavy atom. The zero-order valence-electron chi connectivity index (χ0n) is 28.0. The number of likely N-dealkylation sites (N-methyl/N-ethyl adjacent to an activating group) is 1. The highest BCUT2D eigenvalue weighted by molar-refractivity contribution is 6.36. The van der Waals surface area contributed by atoms with Crippen LogP contribution in [0.25, 0.3) is 54.1 Å². The molecule has 1 N–H and O–H groups in total. The van der Waals surface area contributed by atoms with E-state index in [2.05, 4.69) is 192 Å². The SMILES string of the molecule is CN1C(C2=CCC(c3ccccc3)C=C2)=CC(c2ccccc2)NC1n1c2ccccc2c2c3c4ccccc4ccc3c3ccccc3c21. The smallest absolute Gasteiger partial charge is 0.162 e. The molecule has 3 atom stereocenters. The highest BCUT2D eigenvalue weighted by Crippen LogP contribution is 2.46. The lowest BCUT2D eigenvalue weighted by atomic mass is 9.88. The van der Waals surface area contributed by atoms with Gasteiger partial charge in [0, 0.05) is 40.2 Å². The fourth-order valence-electron chi connectivity index (χ4n) is 8.61. The van der Waals surface area contributed by atoms with Gasteiger partial charge < -0.3 is 9.47 Å². The van der Waals surface area contributed by atoms with Crippen molar-refractivity contribution in [2.24, 2.45) is 0 Å². The van der Waals surface area contributed by atoms with E-state index >= 15 is 0 Å². The summed E-state index contributed by atoms with van der Waals surface area (Å²) in [6.07, 6.45) is 10.4. The highest BCUT2D eigenvalue weighted by Gasteiger charge is 2.33. The Balaban J connectivity index is 1.23. The van der Waals surface area contributed by atoms with Crippen molar-refractivity contribution in [1.29, 1.82) is 0 Å². The molecule has 3 heteroatoms. The van der Waals surface area contributed by atoms with Gasteiger partial charge in [0.05, 0.1) is 17.1 Å². The van der Waals surface area contributed by atoms with E-state index in [1.165, 1.54) is 76.5 Å². The van der Waals surface area contributed by atoms with Gasteiger partial charge in [-0.2, -0.15) is 0 Å². The van der Waals surface area contributed by atoms with Crippen LogP contribution in [-0.4, -0.2) is 16.5 Å². The molecule has 0 saturated carbocycles. The van der Waals surface area contributed by atoms with Crippen LogP contribution in [0.5, 0.6) is 0 Å². The van der Waals surface area contributed by atoms with E-state index in [0.29, 0.717) is 5.92 Å². The second-order valence-corrected chi connectivity index (χ2v) is 13.7. The molecule has 0 bridgehead atoms. The van der Waals surface area contributed by atoms with Gasteiger partial charge in [-0.3, -0.25) is 5.32 Å². The molecule has 2 aliphatic rings. The summed E-state index contributed by atoms with van der Waals surface area (Å²) in [4.78, 5) is 2.45. The normalized spacial score (nSPS) is 19.5. The largest absolute Gasteiger partial charge is 0.341 e. The van der Waals surface area contributed by atoms with Crippen molar-refractivity contribution in [2.75, 3.05) is 7.05 Å². The number of hydrogen-bond donors (Lipinski definition) is 1. The Hall–Kier alpha value is -5.90. The summed E-state index contributed by atoms with van der Waals surface area (Å²) in [5.41, 5.74) is 7.63. The van der Waals surface area contributed by atoms with Crippen molar-refractivity contribution in [3.8, 4) is 0 Å². The Kier molecular flexibility index (Phi) is 6.75. The highest BCUT2D eigenvalue weighted by atomic mass is 15.4. The molecule has 1 aliphatic heterocycles. The van der Waals surface area contributed by atoms with Crippen molar-refractivity contribution in [3.05, 3.63) is 192 Å². The lowest BCUT2D eigenvalue weighted by Gasteiger charge is -2.42. The second kappa shape index (κ2) is 11.6. The average molecular weight is 644 g/mol. The third kappa shape index (κ3) is 4.47. The predicted molar refractivity (Wildman–Crippen MR) is 210 cm³/mol. The number of rotatable bonds is 4. The maximum atomic E-state index is 4.12. The molecule has 3 unspecified atom stereocenters. The second-order valence-electron chi connectivity index (χ2n) is 13.7. The van der Waals surface area contributed by atoms with Gasteiger partial charge in [0.2, 0.25) is 0 Å². The van der Waals surface area contributed by atoms with E-state index in [0.717, 1.165) is 6.42 Å². The number of nitrogens with zero attached hydrogens (tertiary/aromatic N) is 2. The van der Waals surface area contributed by atoms with Crippen molar-refractivity contribution in [1.82, 2.24) is 14.8 Å². The molecule has 240 valence electrons. The minimum Gasteiger partial charge on any atom is -0.341 e. The molecular weight excluding hydrogens is 607 g/mol. The molecule has 8 aromatic rings. The Labute approximate surface area is 292 Å². The zero-order chi connectivity index (χ0) is 33.2. The number of aromatic nitrogens is 1. The van der Waals surface area contributed by atoms with E-state index in [9.17, 15) is 0 Å². The molecule has 1 aliphatic carbocycles. The molecule has 50 heavy (non-hydrogen) atoms. The van der Waals surface area contributed by atoms with Gasteiger partial charge >= 0.3 is 0 Å². The first-order valence-electron chi connectivity index (χ1n) is 17.7. The maximum Gasteiger partial charge on any atom is 0.162 e. The molecule has 0 amide bonds. The Morgan fingerprint density at radius 3 is 2.00 bits per heavy atom. The molecule has 2 heterocycles. The summed E-state index contributed by atoms with van der Waals surface area (Å²) < 4.78 is 2.58. The molecule has 0 fully saturated rings. The summed E-state index contributed by atoms with van der Waals surface area (Å²) in [5.74, 6) is 0.389. The van der Waals surface area contributed by atoms with Gasteiger partial charge in [-0.15, -0.1) is 0 Å². The molecule has 0 spiro atoms. The van der Waals surface area contributed by atoms with Crippen LogP contribution in [0.15, 0.2) is 181 Å². The molecule has 7 aromatic carbocycles. The summed E-state index contributed by atoms with van der Waals surface area (Å²) in [7, 11) is 2.25. The summed E-state index contributed by atoms with van der Waals surface area (Å²) in [6.45, 7) is 0. The fraction of sp³-hybridized carbons (Fsp3) is 0.106. The molecule has 10 rings (SSSR count). The lowest BCUT2D eigenvalue weighted by Crippen LogP contribution is -2.45. The third-order valence-corrected chi connectivity index (χ3v) is 11.0. The molecule has 1 aromatic heterocycles. The minimum atomic E-state index is -0.153. The Morgan fingerprint density at radius 1 is 0.580 bits per heavy atom. The van der Waals surface area contributed by atoms with E-state index in [1.54, 1.807) is 0 Å². The predicted octanol–water partition coefficient (Wildman–Crippen LogP) is 11.5. The molecule has 0 saturated heterocycles. The fourth-order valence-corrected chi connectivity index (χ4v) is 8.61. The summed E-state index contributed by atoms with van der Waals surface area (Å²) in [6, 6.07) is 53.2. The van der Waals surface area contributed by atoms with Crippen LogP contribution in [0.1, 0.15) is 35.8 Å². The number of nitrogens with one attached hydrogen (secondary N) is 1. The van der Waals surface area contributed by atoms with E-state index in [1.807, 2.05) is 0 Å². The van der Waals surface area contributed by atoms with Gasteiger partial charge in [-0.25, -0.2) is 0 Å². The topological polar surface area (TPSA) is 20.2 Å². The van der Waals surface area contributed by atoms with Gasteiger partial charge in [0.15, 0.2) is 6.29 Å². The van der Waals surface area contributed by atoms with E-state index in [4.69, 9.17) is 0 Å². The van der Waals surface area contributed by atoms with Crippen LogP contribution in [0.3, 0.4) is 0 Å². The first kappa shape index (κ1) is 29.1.